The van der Waals surface area contributed by atoms with Gasteiger partial charge in [0.15, 0.2) is 5.96 Å². The molecule has 7 heteroatoms. The van der Waals surface area contributed by atoms with Gasteiger partial charge in [0.2, 0.25) is 11.8 Å². The quantitative estimate of drug-likeness (QED) is 0.297. The highest BCUT2D eigenvalue weighted by Gasteiger charge is 2.58. The normalized spacial score (nSPS) is 28.2. The van der Waals surface area contributed by atoms with Crippen molar-refractivity contribution in [3.63, 3.8) is 0 Å². The van der Waals surface area contributed by atoms with Crippen LogP contribution in [0.15, 0.2) is 53.6 Å². The number of carbonyl (C=O) groups is 2. The molecule has 32 heavy (non-hydrogen) atoms. The Balaban J connectivity index is 1.14. The molecule has 4 aliphatic rings. The molecule has 1 saturated heterocycles. The van der Waals surface area contributed by atoms with Gasteiger partial charge in [0.1, 0.15) is 0 Å². The van der Waals surface area contributed by atoms with E-state index in [0.717, 1.165) is 31.6 Å². The third-order valence-corrected chi connectivity index (χ3v) is 7.07. The van der Waals surface area contributed by atoms with Gasteiger partial charge in [-0.25, -0.2) is 4.99 Å². The summed E-state index contributed by atoms with van der Waals surface area (Å²) >= 11 is 0. The number of anilines is 1. The zero-order valence-electron chi connectivity index (χ0n) is 18.5. The first-order valence-electron chi connectivity index (χ1n) is 11.7. The van der Waals surface area contributed by atoms with Crippen LogP contribution >= 0.6 is 0 Å². The number of likely N-dealkylation sites (tertiary alicyclic amines) is 1. The highest BCUT2D eigenvalue weighted by atomic mass is 16.2. The van der Waals surface area contributed by atoms with Crippen molar-refractivity contribution in [2.24, 2.45) is 28.7 Å². The van der Waals surface area contributed by atoms with Gasteiger partial charge in [-0.3, -0.25) is 14.5 Å². The lowest BCUT2D eigenvalue weighted by atomic mass is 9.85. The number of benzene rings is 1. The maximum atomic E-state index is 12.8. The Morgan fingerprint density at radius 1 is 1.00 bits per heavy atom. The first-order valence-corrected chi connectivity index (χ1v) is 11.7. The number of hydrogen-bond donors (Lipinski definition) is 2. The largest absolute Gasteiger partial charge is 0.364 e. The maximum absolute atomic E-state index is 12.8. The highest BCUT2D eigenvalue weighted by Crippen LogP contribution is 2.52. The topological polar surface area (TPSA) is 77.0 Å². The molecule has 0 aromatic heterocycles. The van der Waals surface area contributed by atoms with Crippen molar-refractivity contribution in [3.05, 3.63) is 54.1 Å². The van der Waals surface area contributed by atoms with Crippen molar-refractivity contribution < 1.29 is 9.59 Å². The molecule has 2 bridgehead atoms. The van der Waals surface area contributed by atoms with Gasteiger partial charge in [-0.2, -0.15) is 0 Å². The number of amides is 2. The molecule has 2 fully saturated rings. The molecule has 2 aliphatic heterocycles. The summed E-state index contributed by atoms with van der Waals surface area (Å²) < 4.78 is 0. The second-order valence-electron chi connectivity index (χ2n) is 8.99. The second kappa shape index (κ2) is 8.81. The molecule has 2 heterocycles. The molecule has 4 unspecified atom stereocenters. The van der Waals surface area contributed by atoms with Gasteiger partial charge in [0.05, 0.1) is 18.4 Å². The van der Waals surface area contributed by atoms with Crippen LogP contribution in [0.3, 0.4) is 0 Å². The molecule has 1 saturated carbocycles. The zero-order chi connectivity index (χ0) is 22.1. The van der Waals surface area contributed by atoms with E-state index in [2.05, 4.69) is 69.1 Å². The lowest BCUT2D eigenvalue weighted by molar-refractivity contribution is -0.140. The number of nitrogens with zero attached hydrogens (tertiary/aromatic N) is 3. The minimum Gasteiger partial charge on any atom is -0.364 e. The van der Waals surface area contributed by atoms with E-state index in [1.54, 1.807) is 0 Å². The van der Waals surface area contributed by atoms with E-state index in [1.807, 2.05) is 6.92 Å². The van der Waals surface area contributed by atoms with Crippen LogP contribution in [0.25, 0.3) is 0 Å². The fraction of sp³-hybridized carbons (Fsp3) is 0.480. The molecule has 2 aliphatic carbocycles. The van der Waals surface area contributed by atoms with Crippen LogP contribution < -0.4 is 15.5 Å². The number of rotatable bonds is 7. The lowest BCUT2D eigenvalue weighted by Gasteiger charge is -2.19. The lowest BCUT2D eigenvalue weighted by Crippen LogP contribution is -2.43. The summed E-state index contributed by atoms with van der Waals surface area (Å²) in [6, 6.07) is 8.51. The van der Waals surface area contributed by atoms with Gasteiger partial charge in [-0.15, -0.1) is 0 Å². The van der Waals surface area contributed by atoms with Gasteiger partial charge >= 0.3 is 0 Å². The minimum atomic E-state index is -0.126. The van der Waals surface area contributed by atoms with Gasteiger partial charge in [0, 0.05) is 38.4 Å². The average Bonchev–Trinajstić information content (AvgIpc) is 3.59. The Bertz CT molecular complexity index is 929. The number of nitrogens with one attached hydrogen (secondary N) is 2. The molecule has 1 aromatic carbocycles. The van der Waals surface area contributed by atoms with Gasteiger partial charge in [-0.1, -0.05) is 36.4 Å². The maximum Gasteiger partial charge on any atom is 0.233 e. The molecule has 4 atom stereocenters. The Kier molecular flexibility index (Phi) is 5.72. The number of allylic oxidation sites excluding steroid dienone is 2. The monoisotopic (exact) mass is 433 g/mol. The number of imide groups is 1. The Labute approximate surface area is 189 Å². The van der Waals surface area contributed by atoms with Crippen LogP contribution in [0.2, 0.25) is 0 Å². The predicted molar refractivity (Wildman–Crippen MR) is 125 cm³/mol. The van der Waals surface area contributed by atoms with E-state index in [1.165, 1.54) is 10.6 Å². The summed E-state index contributed by atoms with van der Waals surface area (Å²) in [6.07, 6.45) is 9.59. The second-order valence-corrected chi connectivity index (χ2v) is 8.99. The van der Waals surface area contributed by atoms with Gasteiger partial charge < -0.3 is 15.5 Å². The summed E-state index contributed by atoms with van der Waals surface area (Å²) in [5, 5.41) is 6.52. The number of carbonyl (C=O) groups excluding carboxylic acids is 2. The van der Waals surface area contributed by atoms with Crippen molar-refractivity contribution in [3.8, 4) is 0 Å². The SMILES string of the molecule is CCNC(=NCc1ccc(N2CC=CC2)cc1)NCCN1C(=O)C2C3C=CC(C3)C2C1=O. The summed E-state index contributed by atoms with van der Waals surface area (Å²) in [4.78, 5) is 34.1. The first kappa shape index (κ1) is 20.8. The van der Waals surface area contributed by atoms with E-state index >= 15 is 0 Å². The Morgan fingerprint density at radius 3 is 2.28 bits per heavy atom. The molecule has 2 amide bonds. The van der Waals surface area contributed by atoms with Crippen LogP contribution in [0.1, 0.15) is 18.9 Å². The van der Waals surface area contributed by atoms with Crippen molar-refractivity contribution in [2.75, 3.05) is 37.6 Å². The number of guanidine groups is 1. The van der Waals surface area contributed by atoms with Crippen molar-refractivity contribution >= 4 is 23.5 Å². The van der Waals surface area contributed by atoms with Crippen molar-refractivity contribution in [1.82, 2.24) is 15.5 Å². The van der Waals surface area contributed by atoms with E-state index in [0.29, 0.717) is 25.6 Å². The number of aliphatic imine (C=N–C) groups is 1. The fourth-order valence-corrected chi connectivity index (χ4v) is 5.48. The summed E-state index contributed by atoms with van der Waals surface area (Å²) in [5.41, 5.74) is 2.36. The molecule has 2 N–H and O–H groups in total. The van der Waals surface area contributed by atoms with Crippen LogP contribution in [-0.4, -0.2) is 55.4 Å². The first-order chi connectivity index (χ1) is 15.7. The van der Waals surface area contributed by atoms with Gasteiger partial charge in [-0.05, 0) is 42.9 Å². The summed E-state index contributed by atoms with van der Waals surface area (Å²) in [6.45, 7) is 6.13. The third-order valence-electron chi connectivity index (χ3n) is 7.07. The zero-order valence-corrected chi connectivity index (χ0v) is 18.5. The smallest absolute Gasteiger partial charge is 0.233 e. The van der Waals surface area contributed by atoms with E-state index in [-0.39, 0.29) is 35.5 Å². The molecule has 1 aromatic rings. The van der Waals surface area contributed by atoms with E-state index in [4.69, 9.17) is 0 Å². The molecule has 7 nitrogen and oxygen atoms in total. The molecule has 5 rings (SSSR count). The van der Waals surface area contributed by atoms with Crippen LogP contribution in [-0.2, 0) is 16.1 Å². The predicted octanol–water partition coefficient (Wildman–Crippen LogP) is 1.93. The number of hydrogen-bond acceptors (Lipinski definition) is 4. The van der Waals surface area contributed by atoms with Crippen molar-refractivity contribution in [1.29, 1.82) is 0 Å². The molecule has 0 spiro atoms. The summed E-state index contributed by atoms with van der Waals surface area (Å²) in [7, 11) is 0. The standard InChI is InChI=1S/C25H31N5O2/c1-2-26-25(28-16-17-5-9-20(10-6-17)29-12-3-4-13-29)27-11-14-30-23(31)21-18-7-8-19(15-18)22(21)24(30)32/h3-10,18-19,21-22H,2,11-16H2,1H3,(H2,26,27,28). The fourth-order valence-electron chi connectivity index (χ4n) is 5.48. The van der Waals surface area contributed by atoms with Crippen molar-refractivity contribution in [2.45, 2.75) is 19.9 Å². The minimum absolute atomic E-state index is 0.00822. The van der Waals surface area contributed by atoms with E-state index in [9.17, 15) is 9.59 Å². The third kappa shape index (κ3) is 3.80. The molecular weight excluding hydrogens is 402 g/mol. The number of fused-ring (bicyclic) bond motifs is 5. The Hall–Kier alpha value is -3.09. The molecular formula is C25H31N5O2. The average molecular weight is 434 g/mol. The highest BCUT2D eigenvalue weighted by molar-refractivity contribution is 6.06. The van der Waals surface area contributed by atoms with E-state index < -0.39 is 0 Å². The van der Waals surface area contributed by atoms with Crippen LogP contribution in [0, 0.1) is 23.7 Å². The van der Waals surface area contributed by atoms with Crippen LogP contribution in [0.5, 0.6) is 0 Å². The van der Waals surface area contributed by atoms with Gasteiger partial charge in [0.25, 0.3) is 0 Å². The molecule has 0 radical (unpaired) electrons. The Morgan fingerprint density at radius 2 is 1.66 bits per heavy atom. The van der Waals surface area contributed by atoms with Crippen LogP contribution in [0.4, 0.5) is 5.69 Å². The summed E-state index contributed by atoms with van der Waals surface area (Å²) in [5.74, 6) is 0.972. The molecule has 168 valence electrons.